The monoisotopic (exact) mass is 378 g/mol. The lowest BCUT2D eigenvalue weighted by Crippen LogP contribution is -2.49. The lowest BCUT2D eigenvalue weighted by molar-refractivity contribution is 0.0742. The molecule has 144 valence electrons. The molecule has 6 heteroatoms. The standard InChI is InChI=1S/C22H22N2O4/c1-15-3-8-20-16(13-15)14-19(22(26)28-20)21(25)24-11-9-23(10-12-24)17-4-6-18(27-2)7-5-17/h3-8,13-14H,9-12H2,1-2H3. The number of hydrogen-bond acceptors (Lipinski definition) is 5. The number of fused-ring (bicyclic) bond motifs is 1. The number of rotatable bonds is 3. The van der Waals surface area contributed by atoms with Gasteiger partial charge < -0.3 is 19.0 Å². The van der Waals surface area contributed by atoms with Crippen LogP contribution < -0.4 is 15.3 Å². The highest BCUT2D eigenvalue weighted by atomic mass is 16.5. The summed E-state index contributed by atoms with van der Waals surface area (Å²) < 4.78 is 10.5. The minimum Gasteiger partial charge on any atom is -0.497 e. The second kappa shape index (κ2) is 7.38. The third kappa shape index (κ3) is 3.45. The van der Waals surface area contributed by atoms with E-state index in [2.05, 4.69) is 4.90 Å². The van der Waals surface area contributed by atoms with Crippen LogP contribution in [0.4, 0.5) is 5.69 Å². The maximum atomic E-state index is 12.9. The number of ether oxygens (including phenoxy) is 1. The lowest BCUT2D eigenvalue weighted by atomic mass is 10.1. The summed E-state index contributed by atoms with van der Waals surface area (Å²) in [5.74, 6) is 0.544. The summed E-state index contributed by atoms with van der Waals surface area (Å²) in [6.07, 6.45) is 0. The smallest absolute Gasteiger partial charge is 0.349 e. The molecule has 0 bridgehead atoms. The molecule has 0 spiro atoms. The van der Waals surface area contributed by atoms with Crippen LogP contribution in [0.15, 0.2) is 57.7 Å². The van der Waals surface area contributed by atoms with Gasteiger partial charge in [0.1, 0.15) is 16.9 Å². The van der Waals surface area contributed by atoms with Gasteiger partial charge in [-0.1, -0.05) is 11.6 Å². The van der Waals surface area contributed by atoms with Gasteiger partial charge in [-0.25, -0.2) is 4.79 Å². The highest BCUT2D eigenvalue weighted by Gasteiger charge is 2.25. The molecule has 1 aliphatic heterocycles. The Morgan fingerprint density at radius 1 is 1.00 bits per heavy atom. The van der Waals surface area contributed by atoms with E-state index in [9.17, 15) is 9.59 Å². The first-order valence-electron chi connectivity index (χ1n) is 9.28. The van der Waals surface area contributed by atoms with E-state index in [0.717, 1.165) is 22.4 Å². The number of benzene rings is 2. The molecule has 1 fully saturated rings. The molecule has 0 aliphatic carbocycles. The van der Waals surface area contributed by atoms with Crippen LogP contribution in [-0.2, 0) is 0 Å². The first-order valence-corrected chi connectivity index (χ1v) is 9.28. The summed E-state index contributed by atoms with van der Waals surface area (Å²) in [6.45, 7) is 4.48. The number of hydrogen-bond donors (Lipinski definition) is 0. The highest BCUT2D eigenvalue weighted by Crippen LogP contribution is 2.21. The maximum absolute atomic E-state index is 12.9. The Morgan fingerprint density at radius 2 is 1.71 bits per heavy atom. The van der Waals surface area contributed by atoms with Gasteiger partial charge >= 0.3 is 5.63 Å². The predicted octanol–water partition coefficient (Wildman–Crippen LogP) is 3.07. The minimum atomic E-state index is -0.584. The number of amides is 1. The van der Waals surface area contributed by atoms with Crippen molar-refractivity contribution in [2.75, 3.05) is 38.2 Å². The van der Waals surface area contributed by atoms with Gasteiger partial charge in [0.15, 0.2) is 0 Å². The molecule has 1 amide bonds. The van der Waals surface area contributed by atoms with Crippen LogP contribution >= 0.6 is 0 Å². The van der Waals surface area contributed by atoms with Crippen LogP contribution in [0.1, 0.15) is 15.9 Å². The Morgan fingerprint density at radius 3 is 2.39 bits per heavy atom. The zero-order valence-corrected chi connectivity index (χ0v) is 16.0. The van der Waals surface area contributed by atoms with Gasteiger partial charge in [-0.05, 0) is 49.4 Å². The Kier molecular flexibility index (Phi) is 4.77. The molecule has 0 radical (unpaired) electrons. The first-order chi connectivity index (χ1) is 13.5. The molecule has 0 saturated carbocycles. The summed E-state index contributed by atoms with van der Waals surface area (Å²) in [5, 5.41) is 0.764. The summed E-state index contributed by atoms with van der Waals surface area (Å²) in [6, 6.07) is 15.1. The van der Waals surface area contributed by atoms with Crippen molar-refractivity contribution in [3.63, 3.8) is 0 Å². The van der Waals surface area contributed by atoms with Crippen molar-refractivity contribution >= 4 is 22.6 Å². The van der Waals surface area contributed by atoms with Crippen molar-refractivity contribution in [3.05, 3.63) is 70.1 Å². The van der Waals surface area contributed by atoms with E-state index >= 15 is 0 Å². The average Bonchev–Trinajstić information content (AvgIpc) is 2.73. The van der Waals surface area contributed by atoms with E-state index < -0.39 is 5.63 Å². The molecule has 1 aliphatic rings. The largest absolute Gasteiger partial charge is 0.497 e. The molecule has 0 N–H and O–H groups in total. The van der Waals surface area contributed by atoms with Crippen molar-refractivity contribution < 1.29 is 13.9 Å². The van der Waals surface area contributed by atoms with Gasteiger partial charge in [0.05, 0.1) is 7.11 Å². The van der Waals surface area contributed by atoms with Gasteiger partial charge in [0.2, 0.25) is 0 Å². The minimum absolute atomic E-state index is 0.0935. The van der Waals surface area contributed by atoms with Crippen molar-refractivity contribution in [2.24, 2.45) is 0 Å². The zero-order valence-electron chi connectivity index (χ0n) is 16.0. The van der Waals surface area contributed by atoms with Crippen LogP contribution in [0.25, 0.3) is 11.0 Å². The molecule has 4 rings (SSSR count). The van der Waals surface area contributed by atoms with Crippen LogP contribution in [0, 0.1) is 6.92 Å². The topological polar surface area (TPSA) is 63.0 Å². The molecule has 2 aromatic carbocycles. The van der Waals surface area contributed by atoms with Crippen LogP contribution in [0.5, 0.6) is 5.75 Å². The fraction of sp³-hybridized carbons (Fsp3) is 0.273. The van der Waals surface area contributed by atoms with E-state index in [1.807, 2.05) is 43.3 Å². The molecule has 0 atom stereocenters. The Labute approximate surface area is 162 Å². The molecule has 28 heavy (non-hydrogen) atoms. The first kappa shape index (κ1) is 18.1. The van der Waals surface area contributed by atoms with Crippen molar-refractivity contribution in [3.8, 4) is 5.75 Å². The number of carbonyl (C=O) groups is 1. The fourth-order valence-corrected chi connectivity index (χ4v) is 3.52. The molecule has 2 heterocycles. The summed E-state index contributed by atoms with van der Waals surface area (Å²) in [4.78, 5) is 29.2. The van der Waals surface area contributed by atoms with Crippen LogP contribution in [-0.4, -0.2) is 44.1 Å². The van der Waals surface area contributed by atoms with E-state index in [-0.39, 0.29) is 11.5 Å². The Hall–Kier alpha value is -3.28. The normalized spacial score (nSPS) is 14.4. The lowest BCUT2D eigenvalue weighted by Gasteiger charge is -2.36. The van der Waals surface area contributed by atoms with Gasteiger partial charge in [-0.15, -0.1) is 0 Å². The number of aryl methyl sites for hydroxylation is 1. The predicted molar refractivity (Wildman–Crippen MR) is 108 cm³/mol. The number of nitrogens with zero attached hydrogens (tertiary/aromatic N) is 2. The second-order valence-electron chi connectivity index (χ2n) is 6.97. The van der Waals surface area contributed by atoms with Crippen molar-refractivity contribution in [2.45, 2.75) is 6.92 Å². The van der Waals surface area contributed by atoms with Crippen LogP contribution in [0.2, 0.25) is 0 Å². The summed E-state index contributed by atoms with van der Waals surface area (Å²) >= 11 is 0. The van der Waals surface area contributed by atoms with Gasteiger partial charge in [0.25, 0.3) is 5.91 Å². The molecule has 1 saturated heterocycles. The second-order valence-corrected chi connectivity index (χ2v) is 6.97. The molecule has 3 aromatic rings. The molecular weight excluding hydrogens is 356 g/mol. The SMILES string of the molecule is COc1ccc(N2CCN(C(=O)c3cc4cc(C)ccc4oc3=O)CC2)cc1. The van der Waals surface area contributed by atoms with E-state index in [0.29, 0.717) is 31.8 Å². The number of anilines is 1. The van der Waals surface area contributed by atoms with Gasteiger partial charge in [0, 0.05) is 37.3 Å². The highest BCUT2D eigenvalue weighted by molar-refractivity contribution is 5.96. The van der Waals surface area contributed by atoms with Gasteiger partial charge in [-0.3, -0.25) is 4.79 Å². The number of methoxy groups -OCH3 is 1. The van der Waals surface area contributed by atoms with Crippen LogP contribution in [0.3, 0.4) is 0 Å². The zero-order chi connectivity index (χ0) is 19.7. The van der Waals surface area contributed by atoms with Crippen molar-refractivity contribution in [1.29, 1.82) is 0 Å². The maximum Gasteiger partial charge on any atom is 0.349 e. The fourth-order valence-electron chi connectivity index (χ4n) is 3.52. The number of carbonyl (C=O) groups excluding carboxylic acids is 1. The van der Waals surface area contributed by atoms with Gasteiger partial charge in [-0.2, -0.15) is 0 Å². The summed E-state index contributed by atoms with van der Waals surface area (Å²) in [5.41, 5.74) is 2.15. The quantitative estimate of drug-likeness (QED) is 0.656. The average molecular weight is 378 g/mol. The van der Waals surface area contributed by atoms with E-state index in [4.69, 9.17) is 9.15 Å². The van der Waals surface area contributed by atoms with Crippen molar-refractivity contribution in [1.82, 2.24) is 4.90 Å². The van der Waals surface area contributed by atoms with E-state index in [1.165, 1.54) is 0 Å². The Balaban J connectivity index is 1.50. The Bertz CT molecular complexity index is 1060. The molecule has 1 aromatic heterocycles. The summed E-state index contributed by atoms with van der Waals surface area (Å²) in [7, 11) is 1.64. The van der Waals surface area contributed by atoms with E-state index in [1.54, 1.807) is 24.1 Å². The molecule has 6 nitrogen and oxygen atoms in total. The molecular formula is C22H22N2O4. The number of piperazine rings is 1. The third-order valence-corrected chi connectivity index (χ3v) is 5.12. The third-order valence-electron chi connectivity index (χ3n) is 5.12. The molecule has 0 unspecified atom stereocenters.